The lowest BCUT2D eigenvalue weighted by Crippen LogP contribution is -2.35. The van der Waals surface area contributed by atoms with Crippen molar-refractivity contribution in [2.24, 2.45) is 4.99 Å². The highest BCUT2D eigenvalue weighted by Crippen LogP contribution is 2.11. The Kier molecular flexibility index (Phi) is 8.44. The average molecular weight is 349 g/mol. The van der Waals surface area contributed by atoms with Crippen LogP contribution in [-0.2, 0) is 33.2 Å². The molecule has 0 aromatic carbocycles. The van der Waals surface area contributed by atoms with Gasteiger partial charge in [-0.05, 0) is 13.3 Å². The maximum atomic E-state index is 11.9. The van der Waals surface area contributed by atoms with Gasteiger partial charge < -0.3 is 14.6 Å². The van der Waals surface area contributed by atoms with E-state index in [2.05, 4.69) is 4.99 Å². The van der Waals surface area contributed by atoms with Gasteiger partial charge in [-0.2, -0.15) is 0 Å². The third-order valence-electron chi connectivity index (χ3n) is 2.42. The maximum Gasteiger partial charge on any atom is 0.330 e. The van der Waals surface area contributed by atoms with Gasteiger partial charge in [0.15, 0.2) is 11.5 Å². The SMILES string of the molecule is CCOC(=O)[C@H](CCC(=O)C[S+](C)(C)=O)N=C([O-])OC(C)(C)C. The summed E-state index contributed by atoms with van der Waals surface area (Å²) in [6, 6.07) is -1.10. The van der Waals surface area contributed by atoms with Crippen molar-refractivity contribution in [1.82, 2.24) is 0 Å². The number of rotatable bonds is 8. The van der Waals surface area contributed by atoms with Crippen LogP contribution in [0.4, 0.5) is 0 Å². The molecule has 0 fully saturated rings. The Labute approximate surface area is 138 Å². The molecule has 8 heteroatoms. The van der Waals surface area contributed by atoms with Gasteiger partial charge >= 0.3 is 5.97 Å². The zero-order valence-corrected chi connectivity index (χ0v) is 15.5. The minimum atomic E-state index is -2.19. The van der Waals surface area contributed by atoms with E-state index in [0.717, 1.165) is 0 Å². The molecule has 134 valence electrons. The molecule has 0 heterocycles. The highest BCUT2D eigenvalue weighted by atomic mass is 32.2. The summed E-state index contributed by atoms with van der Waals surface area (Å²) in [7, 11) is -2.19. The Morgan fingerprint density at radius 1 is 1.26 bits per heavy atom. The minimum absolute atomic E-state index is 0.00551. The summed E-state index contributed by atoms with van der Waals surface area (Å²) in [6.07, 6.45) is 2.14. The van der Waals surface area contributed by atoms with Crippen LogP contribution in [0.25, 0.3) is 0 Å². The van der Waals surface area contributed by atoms with Crippen LogP contribution >= 0.6 is 0 Å². The third kappa shape index (κ3) is 11.7. The van der Waals surface area contributed by atoms with Crippen molar-refractivity contribution >= 4 is 27.8 Å². The lowest BCUT2D eigenvalue weighted by atomic mass is 10.1. The van der Waals surface area contributed by atoms with Gasteiger partial charge in [0.1, 0.15) is 24.6 Å². The molecule has 23 heavy (non-hydrogen) atoms. The second-order valence-corrected chi connectivity index (χ2v) is 9.70. The Hall–Kier alpha value is -1.44. The van der Waals surface area contributed by atoms with Gasteiger partial charge in [-0.15, -0.1) is 4.21 Å². The van der Waals surface area contributed by atoms with Gasteiger partial charge in [0, 0.05) is 12.0 Å². The molecule has 0 aromatic heterocycles. The molecular weight excluding hydrogens is 322 g/mol. The van der Waals surface area contributed by atoms with Gasteiger partial charge in [-0.1, -0.05) is 20.8 Å². The fourth-order valence-electron chi connectivity index (χ4n) is 1.65. The molecule has 0 radical (unpaired) electrons. The van der Waals surface area contributed by atoms with Crippen LogP contribution in [0.1, 0.15) is 40.5 Å². The molecule has 0 aromatic rings. The van der Waals surface area contributed by atoms with Gasteiger partial charge in [-0.3, -0.25) is 9.79 Å². The molecule has 0 aliphatic rings. The number of hydrogen-bond acceptors (Lipinski definition) is 7. The molecule has 1 atom stereocenters. The van der Waals surface area contributed by atoms with Crippen LogP contribution in [0.3, 0.4) is 0 Å². The van der Waals surface area contributed by atoms with E-state index < -0.39 is 33.6 Å². The van der Waals surface area contributed by atoms with Crippen molar-refractivity contribution in [2.75, 3.05) is 24.9 Å². The molecule has 0 spiro atoms. The third-order valence-corrected chi connectivity index (χ3v) is 3.44. The molecule has 0 aliphatic carbocycles. The molecule has 0 saturated carbocycles. The van der Waals surface area contributed by atoms with E-state index in [1.54, 1.807) is 27.7 Å². The second-order valence-electron chi connectivity index (χ2n) is 6.54. The zero-order valence-electron chi connectivity index (χ0n) is 14.7. The number of hydrogen-bond donors (Lipinski definition) is 0. The highest BCUT2D eigenvalue weighted by molar-refractivity contribution is 8.02. The molecule has 0 amide bonds. The minimum Gasteiger partial charge on any atom is -0.595 e. The topological polar surface area (TPSA) is 105 Å². The van der Waals surface area contributed by atoms with Crippen molar-refractivity contribution in [3.05, 3.63) is 0 Å². The second kappa shape index (κ2) is 9.00. The smallest absolute Gasteiger partial charge is 0.330 e. The summed E-state index contributed by atoms with van der Waals surface area (Å²) in [4.78, 5) is 27.3. The first-order chi connectivity index (χ1) is 10.3. The molecule has 0 unspecified atom stereocenters. The number of ether oxygens (including phenoxy) is 2. The number of carbonyl (C=O) groups is 2. The lowest BCUT2D eigenvalue weighted by molar-refractivity contribution is -0.261. The summed E-state index contributed by atoms with van der Waals surface area (Å²) in [5, 5.41) is 11.7. The van der Waals surface area contributed by atoms with Crippen LogP contribution in [0.5, 0.6) is 0 Å². The van der Waals surface area contributed by atoms with Gasteiger partial charge in [0.05, 0.1) is 16.5 Å². The van der Waals surface area contributed by atoms with E-state index >= 15 is 0 Å². The van der Waals surface area contributed by atoms with Crippen molar-refractivity contribution in [3.63, 3.8) is 0 Å². The number of aliphatic imine (C=N–C) groups is 1. The van der Waals surface area contributed by atoms with Gasteiger partial charge in [0.25, 0.3) is 0 Å². The van der Waals surface area contributed by atoms with Gasteiger partial charge in [-0.25, -0.2) is 4.79 Å². The van der Waals surface area contributed by atoms with E-state index in [-0.39, 0.29) is 31.0 Å². The predicted octanol–water partition coefficient (Wildman–Crippen LogP) is 0.558. The van der Waals surface area contributed by atoms with Gasteiger partial charge in [0.2, 0.25) is 0 Å². The van der Waals surface area contributed by atoms with Crippen LogP contribution in [0.15, 0.2) is 4.99 Å². The zero-order chi connectivity index (χ0) is 18.3. The monoisotopic (exact) mass is 349 g/mol. The van der Waals surface area contributed by atoms with Crippen LogP contribution < -0.4 is 5.11 Å². The standard InChI is InChI=1S/C15H27NO6S/c1-7-21-13(18)12(16-14(19)22-15(2,3)4)9-8-11(17)10-23(5,6)20/h12H,7-10H2,1-6H3/t12-/m0/s1. The quantitative estimate of drug-likeness (QED) is 0.274. The van der Waals surface area contributed by atoms with Crippen molar-refractivity contribution in [3.8, 4) is 0 Å². The van der Waals surface area contributed by atoms with Crippen molar-refractivity contribution in [1.29, 1.82) is 0 Å². The fraction of sp³-hybridized carbons (Fsp3) is 0.800. The number of nitrogens with zero attached hydrogens (tertiary/aromatic N) is 1. The highest BCUT2D eigenvalue weighted by Gasteiger charge is 2.24. The fourth-order valence-corrected chi connectivity index (χ4v) is 2.57. The first-order valence-electron chi connectivity index (χ1n) is 7.38. The summed E-state index contributed by atoms with van der Waals surface area (Å²) in [5.74, 6) is -0.983. The lowest BCUT2D eigenvalue weighted by Gasteiger charge is -2.30. The van der Waals surface area contributed by atoms with Crippen LogP contribution in [0, 0.1) is 0 Å². The average Bonchev–Trinajstić information content (AvgIpc) is 2.30. The molecule has 0 N–H and O–H groups in total. The number of esters is 1. The molecule has 0 saturated heterocycles. The predicted molar refractivity (Wildman–Crippen MR) is 87.7 cm³/mol. The summed E-state index contributed by atoms with van der Waals surface area (Å²) in [5.41, 5.74) is -0.731. The first-order valence-corrected chi connectivity index (χ1v) is 9.92. The molecule has 7 nitrogen and oxygen atoms in total. The Morgan fingerprint density at radius 2 is 1.83 bits per heavy atom. The van der Waals surface area contributed by atoms with Crippen molar-refractivity contribution < 1.29 is 28.4 Å². The summed E-state index contributed by atoms with van der Waals surface area (Å²) in [6.45, 7) is 6.83. The Balaban J connectivity index is 4.89. The van der Waals surface area contributed by atoms with Crippen molar-refractivity contribution in [2.45, 2.75) is 52.2 Å². The molecule has 0 rings (SSSR count). The van der Waals surface area contributed by atoms with E-state index in [4.69, 9.17) is 9.47 Å². The summed E-state index contributed by atoms with van der Waals surface area (Å²) < 4.78 is 21.5. The van der Waals surface area contributed by atoms with E-state index in [0.29, 0.717) is 0 Å². The number of carbonyl (C=O) groups excluding carboxylic acids is 2. The van der Waals surface area contributed by atoms with E-state index in [1.807, 2.05) is 0 Å². The number of Topliss-reactive ketones (excluding diaryl/α,β-unsaturated/α-hetero) is 1. The Bertz CT molecular complexity index is 489. The van der Waals surface area contributed by atoms with E-state index in [1.165, 1.54) is 12.5 Å². The Morgan fingerprint density at radius 3 is 2.26 bits per heavy atom. The largest absolute Gasteiger partial charge is 0.595 e. The number of ketones is 1. The maximum absolute atomic E-state index is 11.9. The normalized spacial score (nSPS) is 14.3. The summed E-state index contributed by atoms with van der Waals surface area (Å²) >= 11 is 0. The van der Waals surface area contributed by atoms with E-state index in [9.17, 15) is 18.9 Å². The first kappa shape index (κ1) is 21.6. The molecule has 0 bridgehead atoms. The molecule has 0 aliphatic heterocycles. The van der Waals surface area contributed by atoms with Crippen LogP contribution in [-0.4, -0.2) is 54.4 Å². The molecular formula is C15H27NO6S. The van der Waals surface area contributed by atoms with Crippen LogP contribution in [0.2, 0.25) is 0 Å².